The number of fused-ring (bicyclic) bond motifs is 1. The predicted octanol–water partition coefficient (Wildman–Crippen LogP) is 6.25. The smallest absolute Gasteiger partial charge is 0.259 e. The molecule has 6 nitrogen and oxygen atoms in total. The van der Waals surface area contributed by atoms with Gasteiger partial charge in [0, 0.05) is 10.7 Å². The molecule has 0 saturated carbocycles. The summed E-state index contributed by atoms with van der Waals surface area (Å²) in [5.74, 6) is 0.983. The molecule has 1 amide bonds. The molecule has 35 heavy (non-hydrogen) atoms. The summed E-state index contributed by atoms with van der Waals surface area (Å²) >= 11 is 8.08. The van der Waals surface area contributed by atoms with Gasteiger partial charge in [-0.05, 0) is 80.9 Å². The average Bonchev–Trinajstić information content (AvgIpc) is 2.87. The predicted molar refractivity (Wildman–Crippen MR) is 150 cm³/mol. The number of amides is 1. The molecule has 0 saturated heterocycles. The van der Waals surface area contributed by atoms with Crippen LogP contribution in [0.5, 0.6) is 11.5 Å². The molecule has 0 atom stereocenters. The van der Waals surface area contributed by atoms with E-state index in [1.807, 2.05) is 30.3 Å². The average molecular weight is 600 g/mol. The Kier molecular flexibility index (Phi) is 8.44. The molecule has 4 rings (SSSR count). The van der Waals surface area contributed by atoms with Crippen LogP contribution in [0.3, 0.4) is 0 Å². The lowest BCUT2D eigenvalue weighted by molar-refractivity contribution is -0.119. The minimum absolute atomic E-state index is 0.0841. The highest BCUT2D eigenvalue weighted by Gasteiger charge is 2.12. The van der Waals surface area contributed by atoms with Crippen LogP contribution in [0.2, 0.25) is 5.02 Å². The van der Waals surface area contributed by atoms with E-state index in [0.29, 0.717) is 23.1 Å². The lowest BCUT2D eigenvalue weighted by Gasteiger charge is -2.14. The van der Waals surface area contributed by atoms with E-state index in [4.69, 9.17) is 21.1 Å². The van der Waals surface area contributed by atoms with E-state index < -0.39 is 0 Å². The summed E-state index contributed by atoms with van der Waals surface area (Å²) in [5, 5.41) is 10.0. The third kappa shape index (κ3) is 6.64. The van der Waals surface area contributed by atoms with Crippen LogP contribution in [0.1, 0.15) is 11.1 Å². The van der Waals surface area contributed by atoms with Gasteiger partial charge in [-0.1, -0.05) is 54.1 Å². The summed E-state index contributed by atoms with van der Waals surface area (Å²) in [4.78, 5) is 12.1. The van der Waals surface area contributed by atoms with Gasteiger partial charge in [0.2, 0.25) is 0 Å². The first-order valence-electron chi connectivity index (χ1n) is 10.8. The van der Waals surface area contributed by atoms with Gasteiger partial charge in [-0.3, -0.25) is 4.79 Å². The second-order valence-corrected chi connectivity index (χ2v) is 9.21. The molecule has 4 aromatic rings. The Morgan fingerprint density at radius 3 is 2.63 bits per heavy atom. The Balaban J connectivity index is 1.38. The second-order valence-electron chi connectivity index (χ2n) is 7.61. The summed E-state index contributed by atoms with van der Waals surface area (Å²) in [7, 11) is 1.60. The molecule has 8 heteroatoms. The van der Waals surface area contributed by atoms with E-state index in [1.165, 1.54) is 5.39 Å². The minimum atomic E-state index is -0.270. The summed E-state index contributed by atoms with van der Waals surface area (Å²) < 4.78 is 12.6. The number of hydrogen-bond donors (Lipinski definition) is 2. The van der Waals surface area contributed by atoms with Crippen LogP contribution < -0.4 is 20.2 Å². The fraction of sp³-hybridized carbons (Fsp3) is 0.111. The van der Waals surface area contributed by atoms with Gasteiger partial charge in [0.05, 0.1) is 23.4 Å². The van der Waals surface area contributed by atoms with Crippen LogP contribution in [0, 0.1) is 3.57 Å². The van der Waals surface area contributed by atoms with Crippen molar-refractivity contribution in [1.29, 1.82) is 0 Å². The third-order valence-electron chi connectivity index (χ3n) is 5.20. The number of nitrogens with zero attached hydrogens (tertiary/aromatic N) is 1. The fourth-order valence-electron chi connectivity index (χ4n) is 3.49. The molecule has 0 aliphatic carbocycles. The number of nitrogens with one attached hydrogen (secondary N) is 2. The number of halogens is 2. The van der Waals surface area contributed by atoms with Gasteiger partial charge < -0.3 is 14.8 Å². The Morgan fingerprint density at radius 2 is 1.83 bits per heavy atom. The van der Waals surface area contributed by atoms with Crippen LogP contribution in [0.15, 0.2) is 84.0 Å². The SMILES string of the molecule is COc1cc(/C=N\NC(=O)CNc2ccc(Cl)cc2)cc(I)c1OCc1cccc2ccccc12. The molecule has 2 N–H and O–H groups in total. The second kappa shape index (κ2) is 11.9. The number of ether oxygens (including phenoxy) is 2. The fourth-order valence-corrected chi connectivity index (χ4v) is 4.40. The number of anilines is 1. The highest BCUT2D eigenvalue weighted by atomic mass is 127. The van der Waals surface area contributed by atoms with Crippen molar-refractivity contribution in [2.75, 3.05) is 19.0 Å². The zero-order valence-electron chi connectivity index (χ0n) is 18.9. The van der Waals surface area contributed by atoms with Crippen molar-refractivity contribution in [3.05, 3.63) is 98.6 Å². The normalized spacial score (nSPS) is 10.9. The van der Waals surface area contributed by atoms with Crippen molar-refractivity contribution < 1.29 is 14.3 Å². The van der Waals surface area contributed by atoms with E-state index in [1.54, 1.807) is 37.6 Å². The lowest BCUT2D eigenvalue weighted by Crippen LogP contribution is -2.25. The van der Waals surface area contributed by atoms with Crippen LogP contribution in [0.4, 0.5) is 5.69 Å². The van der Waals surface area contributed by atoms with E-state index in [-0.39, 0.29) is 12.5 Å². The molecule has 0 fully saturated rings. The minimum Gasteiger partial charge on any atom is -0.493 e. The summed E-state index contributed by atoms with van der Waals surface area (Å²) in [6.45, 7) is 0.499. The Labute approximate surface area is 222 Å². The van der Waals surface area contributed by atoms with Gasteiger partial charge in [0.1, 0.15) is 6.61 Å². The monoisotopic (exact) mass is 599 g/mol. The molecular weight excluding hydrogens is 577 g/mol. The van der Waals surface area contributed by atoms with Crippen molar-refractivity contribution in [1.82, 2.24) is 5.43 Å². The number of hydrazone groups is 1. The number of rotatable bonds is 9. The zero-order chi connectivity index (χ0) is 24.6. The number of carbonyl (C=O) groups excluding carboxylic acids is 1. The largest absolute Gasteiger partial charge is 0.493 e. The van der Waals surface area contributed by atoms with E-state index in [9.17, 15) is 4.79 Å². The van der Waals surface area contributed by atoms with Gasteiger partial charge in [-0.2, -0.15) is 5.10 Å². The number of methoxy groups -OCH3 is 1. The summed E-state index contributed by atoms with van der Waals surface area (Å²) in [5.41, 5.74) is 5.19. The molecule has 0 heterocycles. The van der Waals surface area contributed by atoms with Gasteiger partial charge in [0.15, 0.2) is 11.5 Å². The first-order valence-corrected chi connectivity index (χ1v) is 12.3. The zero-order valence-corrected chi connectivity index (χ0v) is 21.8. The van der Waals surface area contributed by atoms with Crippen LogP contribution in [0.25, 0.3) is 10.8 Å². The lowest BCUT2D eigenvalue weighted by atomic mass is 10.1. The summed E-state index contributed by atoms with van der Waals surface area (Å²) in [6.07, 6.45) is 1.57. The van der Waals surface area contributed by atoms with Crippen molar-refractivity contribution >= 4 is 62.8 Å². The molecule has 0 aromatic heterocycles. The molecule has 0 unspecified atom stereocenters. The maximum atomic E-state index is 12.1. The molecule has 178 valence electrons. The Morgan fingerprint density at radius 1 is 1.06 bits per heavy atom. The highest BCUT2D eigenvalue weighted by Crippen LogP contribution is 2.34. The first kappa shape index (κ1) is 24.8. The first-order chi connectivity index (χ1) is 17.0. The molecule has 0 radical (unpaired) electrons. The summed E-state index contributed by atoms with van der Waals surface area (Å²) in [6, 6.07) is 25.3. The molecule has 0 aliphatic heterocycles. The standard InChI is InChI=1S/C27H23ClIN3O3/c1-34-25-14-18(15-31-32-26(33)16-30-22-11-9-21(28)10-12-22)13-24(29)27(25)35-17-20-7-4-6-19-5-2-3-8-23(19)20/h2-15,30H,16-17H2,1H3,(H,32,33)/b31-15-. The molecule has 0 aliphatic rings. The molecular formula is C27H23ClIN3O3. The van der Waals surface area contributed by atoms with Crippen molar-refractivity contribution in [2.45, 2.75) is 6.61 Å². The van der Waals surface area contributed by atoms with E-state index in [0.717, 1.165) is 25.8 Å². The molecule has 0 spiro atoms. The van der Waals surface area contributed by atoms with Crippen molar-refractivity contribution in [3.8, 4) is 11.5 Å². The Hall–Kier alpha value is -3.30. The van der Waals surface area contributed by atoms with Crippen molar-refractivity contribution in [3.63, 3.8) is 0 Å². The van der Waals surface area contributed by atoms with Crippen LogP contribution in [-0.2, 0) is 11.4 Å². The molecule has 0 bridgehead atoms. The van der Waals surface area contributed by atoms with Crippen LogP contribution >= 0.6 is 34.2 Å². The highest BCUT2D eigenvalue weighted by molar-refractivity contribution is 14.1. The van der Waals surface area contributed by atoms with E-state index >= 15 is 0 Å². The Bertz CT molecular complexity index is 1350. The van der Waals surface area contributed by atoms with Gasteiger partial charge in [-0.15, -0.1) is 0 Å². The van der Waals surface area contributed by atoms with Crippen LogP contribution in [-0.4, -0.2) is 25.8 Å². The van der Waals surface area contributed by atoms with Gasteiger partial charge >= 0.3 is 0 Å². The number of hydrogen-bond acceptors (Lipinski definition) is 5. The van der Waals surface area contributed by atoms with E-state index in [2.05, 4.69) is 62.7 Å². The topological polar surface area (TPSA) is 72.0 Å². The maximum Gasteiger partial charge on any atom is 0.259 e. The number of benzene rings is 4. The van der Waals surface area contributed by atoms with Gasteiger partial charge in [-0.25, -0.2) is 5.43 Å². The quantitative estimate of drug-likeness (QED) is 0.136. The maximum absolute atomic E-state index is 12.1. The molecule has 4 aromatic carbocycles. The third-order valence-corrected chi connectivity index (χ3v) is 6.26. The van der Waals surface area contributed by atoms with Crippen molar-refractivity contribution in [2.24, 2.45) is 5.10 Å². The number of carbonyl (C=O) groups is 1. The van der Waals surface area contributed by atoms with Gasteiger partial charge in [0.25, 0.3) is 5.91 Å².